The van der Waals surface area contributed by atoms with E-state index in [9.17, 15) is 4.79 Å². The SMILES string of the molecule is CCC(C(=O)O)n1nnc(C)c1[Si](C)(C)C. The van der Waals surface area contributed by atoms with Crippen LogP contribution in [0, 0.1) is 6.92 Å². The average molecular weight is 241 g/mol. The van der Waals surface area contributed by atoms with Crippen LogP contribution in [-0.2, 0) is 4.79 Å². The minimum Gasteiger partial charge on any atom is -0.480 e. The van der Waals surface area contributed by atoms with E-state index in [4.69, 9.17) is 5.11 Å². The van der Waals surface area contributed by atoms with Crippen molar-refractivity contribution >= 4 is 19.4 Å². The number of aromatic nitrogens is 3. The zero-order valence-electron chi connectivity index (χ0n) is 10.5. The highest BCUT2D eigenvalue weighted by Crippen LogP contribution is 2.13. The molecule has 0 saturated carbocycles. The lowest BCUT2D eigenvalue weighted by Crippen LogP contribution is -2.46. The summed E-state index contributed by atoms with van der Waals surface area (Å²) in [5, 5.41) is 18.2. The van der Waals surface area contributed by atoms with Crippen LogP contribution in [-0.4, -0.2) is 34.1 Å². The molecular formula is C10H19N3O2Si. The summed E-state index contributed by atoms with van der Waals surface area (Å²) < 4.78 is 1.60. The zero-order valence-corrected chi connectivity index (χ0v) is 11.5. The third-order valence-electron chi connectivity index (χ3n) is 2.54. The molecule has 0 amide bonds. The van der Waals surface area contributed by atoms with Crippen molar-refractivity contribution in [3.8, 4) is 0 Å². The van der Waals surface area contributed by atoms with Gasteiger partial charge in [0.2, 0.25) is 0 Å². The van der Waals surface area contributed by atoms with Gasteiger partial charge in [0.25, 0.3) is 0 Å². The molecule has 1 atom stereocenters. The number of hydrogen-bond acceptors (Lipinski definition) is 3. The van der Waals surface area contributed by atoms with Crippen LogP contribution >= 0.6 is 0 Å². The molecule has 1 heterocycles. The van der Waals surface area contributed by atoms with Crippen LogP contribution in [0.1, 0.15) is 25.1 Å². The summed E-state index contributed by atoms with van der Waals surface area (Å²) in [5.74, 6) is -0.841. The maximum atomic E-state index is 11.1. The van der Waals surface area contributed by atoms with Gasteiger partial charge in [-0.3, -0.25) is 0 Å². The second-order valence-corrected chi connectivity index (χ2v) is 9.95. The molecule has 5 nitrogen and oxygen atoms in total. The second kappa shape index (κ2) is 4.37. The first kappa shape index (κ1) is 12.9. The first-order chi connectivity index (χ1) is 7.29. The lowest BCUT2D eigenvalue weighted by molar-refractivity contribution is -0.141. The van der Waals surface area contributed by atoms with E-state index in [1.165, 1.54) is 0 Å². The van der Waals surface area contributed by atoms with Crippen molar-refractivity contribution in [2.75, 3.05) is 0 Å². The van der Waals surface area contributed by atoms with Crippen molar-refractivity contribution in [2.24, 2.45) is 0 Å². The van der Waals surface area contributed by atoms with E-state index in [0.29, 0.717) is 6.42 Å². The number of carboxylic acid groups (broad SMARTS) is 1. The summed E-state index contributed by atoms with van der Waals surface area (Å²) in [7, 11) is -1.62. The van der Waals surface area contributed by atoms with Crippen molar-refractivity contribution in [3.63, 3.8) is 0 Å². The molecule has 0 aliphatic rings. The Morgan fingerprint density at radius 1 is 1.50 bits per heavy atom. The number of aliphatic carboxylic acids is 1. The highest BCUT2D eigenvalue weighted by molar-refractivity contribution is 6.88. The molecule has 0 aliphatic heterocycles. The Kier molecular flexibility index (Phi) is 3.52. The fourth-order valence-corrected chi connectivity index (χ4v) is 3.95. The van der Waals surface area contributed by atoms with Gasteiger partial charge in [0.05, 0.1) is 5.69 Å². The van der Waals surface area contributed by atoms with Gasteiger partial charge in [-0.2, -0.15) is 0 Å². The van der Waals surface area contributed by atoms with Crippen molar-refractivity contribution in [1.82, 2.24) is 15.0 Å². The number of carbonyl (C=O) groups is 1. The van der Waals surface area contributed by atoms with E-state index in [-0.39, 0.29) is 0 Å². The number of rotatable bonds is 4. The molecule has 90 valence electrons. The van der Waals surface area contributed by atoms with Crippen LogP contribution in [0.3, 0.4) is 0 Å². The smallest absolute Gasteiger partial charge is 0.328 e. The number of carboxylic acids is 1. The Labute approximate surface area is 96.5 Å². The highest BCUT2D eigenvalue weighted by Gasteiger charge is 2.30. The molecule has 0 bridgehead atoms. The minimum absolute atomic E-state index is 0.523. The van der Waals surface area contributed by atoms with Crippen LogP contribution in [0.4, 0.5) is 0 Å². The summed E-state index contributed by atoms with van der Waals surface area (Å²) in [6, 6.07) is -0.595. The second-order valence-electron chi connectivity index (χ2n) is 4.98. The lowest BCUT2D eigenvalue weighted by atomic mass is 10.2. The Hall–Kier alpha value is -1.17. The van der Waals surface area contributed by atoms with Gasteiger partial charge in [-0.15, -0.1) is 5.10 Å². The number of hydrogen-bond donors (Lipinski definition) is 1. The molecule has 0 fully saturated rings. The molecule has 1 rings (SSSR count). The fraction of sp³-hybridized carbons (Fsp3) is 0.700. The summed E-state index contributed by atoms with van der Waals surface area (Å²) >= 11 is 0. The third-order valence-corrected chi connectivity index (χ3v) is 4.55. The van der Waals surface area contributed by atoms with Gasteiger partial charge < -0.3 is 5.11 Å². The van der Waals surface area contributed by atoms with E-state index in [2.05, 4.69) is 30.0 Å². The topological polar surface area (TPSA) is 68.0 Å². The molecule has 1 N–H and O–H groups in total. The normalized spacial score (nSPS) is 13.8. The van der Waals surface area contributed by atoms with E-state index < -0.39 is 20.1 Å². The average Bonchev–Trinajstić information content (AvgIpc) is 2.47. The molecule has 0 aliphatic carbocycles. The molecule has 1 unspecified atom stereocenters. The standard InChI is InChI=1S/C10H19N3O2Si/c1-6-8(10(14)15)13-9(16(3,4)5)7(2)11-12-13/h8H,6H2,1-5H3,(H,14,15). The van der Waals surface area contributed by atoms with E-state index in [0.717, 1.165) is 11.0 Å². The van der Waals surface area contributed by atoms with Crippen LogP contribution in [0.25, 0.3) is 0 Å². The summed E-state index contributed by atoms with van der Waals surface area (Å²) in [6.45, 7) is 10.3. The molecule has 0 spiro atoms. The molecule has 1 aromatic heterocycles. The Morgan fingerprint density at radius 3 is 2.44 bits per heavy atom. The van der Waals surface area contributed by atoms with Crippen molar-refractivity contribution in [2.45, 2.75) is 46.0 Å². The Balaban J connectivity index is 3.29. The monoisotopic (exact) mass is 241 g/mol. The van der Waals surface area contributed by atoms with Gasteiger partial charge in [-0.1, -0.05) is 31.8 Å². The molecular weight excluding hydrogens is 222 g/mol. The number of aryl methyl sites for hydroxylation is 1. The van der Waals surface area contributed by atoms with Crippen molar-refractivity contribution < 1.29 is 9.90 Å². The van der Waals surface area contributed by atoms with Crippen molar-refractivity contribution in [3.05, 3.63) is 5.69 Å². The van der Waals surface area contributed by atoms with Gasteiger partial charge >= 0.3 is 5.97 Å². The molecule has 0 radical (unpaired) electrons. The quantitative estimate of drug-likeness (QED) is 0.803. The largest absolute Gasteiger partial charge is 0.480 e. The first-order valence-corrected chi connectivity index (χ1v) is 8.94. The third kappa shape index (κ3) is 2.32. The fourth-order valence-electron chi connectivity index (χ4n) is 1.93. The van der Waals surface area contributed by atoms with Crippen LogP contribution < -0.4 is 5.32 Å². The van der Waals surface area contributed by atoms with Gasteiger partial charge in [-0.25, -0.2) is 9.48 Å². The van der Waals surface area contributed by atoms with Crippen LogP contribution in [0.5, 0.6) is 0 Å². The van der Waals surface area contributed by atoms with Gasteiger partial charge in [0.15, 0.2) is 6.04 Å². The van der Waals surface area contributed by atoms with Gasteiger partial charge in [0, 0.05) is 5.32 Å². The highest BCUT2D eigenvalue weighted by atomic mass is 28.3. The zero-order chi connectivity index (χ0) is 12.5. The first-order valence-electron chi connectivity index (χ1n) is 5.44. The molecule has 0 aromatic carbocycles. The van der Waals surface area contributed by atoms with E-state index >= 15 is 0 Å². The Bertz CT molecular complexity index is 395. The maximum absolute atomic E-state index is 11.1. The van der Waals surface area contributed by atoms with E-state index in [1.54, 1.807) is 4.68 Å². The summed E-state index contributed by atoms with van der Waals surface area (Å²) in [4.78, 5) is 11.1. The van der Waals surface area contributed by atoms with Gasteiger partial charge in [0.1, 0.15) is 8.07 Å². The summed E-state index contributed by atoms with van der Waals surface area (Å²) in [5.41, 5.74) is 0.860. The molecule has 6 heteroatoms. The predicted octanol–water partition coefficient (Wildman–Crippen LogP) is 1.17. The van der Waals surface area contributed by atoms with Gasteiger partial charge in [-0.05, 0) is 13.3 Å². The number of nitrogens with zero attached hydrogens (tertiary/aromatic N) is 3. The van der Waals surface area contributed by atoms with Crippen LogP contribution in [0.15, 0.2) is 0 Å². The van der Waals surface area contributed by atoms with Crippen molar-refractivity contribution in [1.29, 1.82) is 0 Å². The lowest BCUT2D eigenvalue weighted by Gasteiger charge is -2.21. The molecule has 1 aromatic rings. The maximum Gasteiger partial charge on any atom is 0.328 e. The van der Waals surface area contributed by atoms with E-state index in [1.807, 2.05) is 13.8 Å². The predicted molar refractivity (Wildman–Crippen MR) is 64.7 cm³/mol. The minimum atomic E-state index is -1.62. The molecule has 16 heavy (non-hydrogen) atoms. The Morgan fingerprint density at radius 2 is 2.06 bits per heavy atom. The summed E-state index contributed by atoms with van der Waals surface area (Å²) in [6.07, 6.45) is 0.523. The van der Waals surface area contributed by atoms with Crippen LogP contribution in [0.2, 0.25) is 19.6 Å². The molecule has 0 saturated heterocycles.